The highest BCUT2D eigenvalue weighted by atomic mass is 16.5. The lowest BCUT2D eigenvalue weighted by Gasteiger charge is -2.14. The summed E-state index contributed by atoms with van der Waals surface area (Å²) in [6.07, 6.45) is 4.19. The molecule has 0 bridgehead atoms. The molecule has 2 aromatic rings. The van der Waals surface area contributed by atoms with Gasteiger partial charge >= 0.3 is 0 Å². The highest BCUT2D eigenvalue weighted by molar-refractivity contribution is 5.98. The van der Waals surface area contributed by atoms with E-state index in [2.05, 4.69) is 10.9 Å². The minimum Gasteiger partial charge on any atom is -0.493 e. The van der Waals surface area contributed by atoms with Crippen molar-refractivity contribution in [3.05, 3.63) is 47.9 Å². The summed E-state index contributed by atoms with van der Waals surface area (Å²) in [5, 5.41) is 0. The van der Waals surface area contributed by atoms with Crippen LogP contribution in [-0.4, -0.2) is 33.1 Å². The first kappa shape index (κ1) is 17.9. The van der Waals surface area contributed by atoms with Gasteiger partial charge in [-0.25, -0.2) is 0 Å². The second-order valence-electron chi connectivity index (χ2n) is 4.71. The number of benzene rings is 1. The molecule has 8 nitrogen and oxygen atoms in total. The van der Waals surface area contributed by atoms with E-state index in [1.165, 1.54) is 51.9 Å². The van der Waals surface area contributed by atoms with Crippen LogP contribution < -0.4 is 25.1 Å². The molecule has 0 aliphatic heterocycles. The first-order valence-electron chi connectivity index (χ1n) is 7.21. The molecule has 0 fully saturated rings. The number of carbonyl (C=O) groups is 2. The van der Waals surface area contributed by atoms with Gasteiger partial charge in [-0.15, -0.1) is 0 Å². The van der Waals surface area contributed by atoms with Gasteiger partial charge < -0.3 is 18.6 Å². The maximum absolute atomic E-state index is 12.2. The molecular weight excluding hydrogens is 328 g/mol. The second-order valence-corrected chi connectivity index (χ2v) is 4.71. The number of furan rings is 1. The van der Waals surface area contributed by atoms with Crippen molar-refractivity contribution in [1.29, 1.82) is 0 Å². The maximum atomic E-state index is 12.2. The lowest BCUT2D eigenvalue weighted by molar-refractivity contribution is -0.117. The molecule has 132 valence electrons. The van der Waals surface area contributed by atoms with Crippen LogP contribution in [0.1, 0.15) is 16.1 Å². The highest BCUT2D eigenvalue weighted by Gasteiger charge is 2.17. The van der Waals surface area contributed by atoms with Crippen molar-refractivity contribution < 1.29 is 28.2 Å². The molecule has 1 aromatic heterocycles. The van der Waals surface area contributed by atoms with Crippen LogP contribution in [0.5, 0.6) is 17.2 Å². The van der Waals surface area contributed by atoms with E-state index in [4.69, 9.17) is 18.6 Å². The number of nitrogens with one attached hydrogen (secondary N) is 2. The minimum absolute atomic E-state index is 0.227. The van der Waals surface area contributed by atoms with E-state index < -0.39 is 11.8 Å². The third-order valence-corrected chi connectivity index (χ3v) is 3.17. The van der Waals surface area contributed by atoms with Crippen LogP contribution in [0, 0.1) is 0 Å². The van der Waals surface area contributed by atoms with Crippen molar-refractivity contribution in [2.45, 2.75) is 0 Å². The minimum atomic E-state index is -0.543. The first-order valence-corrected chi connectivity index (χ1v) is 7.21. The zero-order valence-corrected chi connectivity index (χ0v) is 14.0. The molecule has 0 radical (unpaired) electrons. The number of hydrogen-bond donors (Lipinski definition) is 2. The standard InChI is InChI=1S/C17H18N2O6/c1-22-13-9-11(10-14(23-2)16(13)24-3)17(21)19-18-15(20)7-6-12-5-4-8-25-12/h4-10H,1-3H3,(H,18,20)(H,19,21)/b7-6+. The van der Waals surface area contributed by atoms with Crippen LogP contribution in [0.2, 0.25) is 0 Å². The Labute approximate surface area is 144 Å². The van der Waals surface area contributed by atoms with E-state index in [1.807, 2.05) is 0 Å². The fourth-order valence-electron chi connectivity index (χ4n) is 1.99. The molecule has 2 amide bonds. The molecule has 0 aliphatic carbocycles. The fraction of sp³-hybridized carbons (Fsp3) is 0.176. The Morgan fingerprint density at radius 2 is 1.72 bits per heavy atom. The number of hydrazine groups is 1. The van der Waals surface area contributed by atoms with E-state index >= 15 is 0 Å². The van der Waals surface area contributed by atoms with Gasteiger partial charge in [-0.3, -0.25) is 20.4 Å². The van der Waals surface area contributed by atoms with E-state index in [0.717, 1.165) is 0 Å². The van der Waals surface area contributed by atoms with Crippen molar-refractivity contribution >= 4 is 17.9 Å². The molecule has 2 rings (SSSR count). The number of methoxy groups -OCH3 is 3. The lowest BCUT2D eigenvalue weighted by atomic mass is 10.1. The number of carbonyl (C=O) groups excluding carboxylic acids is 2. The summed E-state index contributed by atoms with van der Waals surface area (Å²) in [7, 11) is 4.35. The van der Waals surface area contributed by atoms with Crippen molar-refractivity contribution in [2.75, 3.05) is 21.3 Å². The Morgan fingerprint density at radius 3 is 2.24 bits per heavy atom. The normalized spacial score (nSPS) is 10.4. The van der Waals surface area contributed by atoms with Gasteiger partial charge in [0.25, 0.3) is 11.8 Å². The van der Waals surface area contributed by atoms with Gasteiger partial charge in [-0.05, 0) is 30.3 Å². The molecule has 0 spiro atoms. The Kier molecular flexibility index (Phi) is 6.05. The second kappa shape index (κ2) is 8.44. The Hall–Kier alpha value is -3.42. The largest absolute Gasteiger partial charge is 0.493 e. The zero-order valence-electron chi connectivity index (χ0n) is 14.0. The molecule has 25 heavy (non-hydrogen) atoms. The number of amides is 2. The molecule has 8 heteroatoms. The van der Waals surface area contributed by atoms with E-state index in [-0.39, 0.29) is 5.56 Å². The molecule has 1 heterocycles. The van der Waals surface area contributed by atoms with Gasteiger partial charge in [0, 0.05) is 11.6 Å². The molecule has 0 unspecified atom stereocenters. The van der Waals surface area contributed by atoms with Gasteiger partial charge in [-0.1, -0.05) is 0 Å². The highest BCUT2D eigenvalue weighted by Crippen LogP contribution is 2.38. The Bertz CT molecular complexity index is 742. The van der Waals surface area contributed by atoms with Gasteiger partial charge in [0.2, 0.25) is 5.75 Å². The Morgan fingerprint density at radius 1 is 1.04 bits per heavy atom. The summed E-state index contributed by atoms with van der Waals surface area (Å²) in [4.78, 5) is 23.9. The van der Waals surface area contributed by atoms with Crippen molar-refractivity contribution in [3.63, 3.8) is 0 Å². The van der Waals surface area contributed by atoms with E-state index in [1.54, 1.807) is 12.1 Å². The maximum Gasteiger partial charge on any atom is 0.269 e. The van der Waals surface area contributed by atoms with Crippen molar-refractivity contribution in [2.24, 2.45) is 0 Å². The molecule has 0 aliphatic rings. The zero-order chi connectivity index (χ0) is 18.2. The van der Waals surface area contributed by atoms with Crippen LogP contribution in [0.3, 0.4) is 0 Å². The fourth-order valence-corrected chi connectivity index (χ4v) is 1.99. The molecule has 0 saturated carbocycles. The molecular formula is C17H18N2O6. The van der Waals surface area contributed by atoms with Gasteiger partial charge in [0.1, 0.15) is 5.76 Å². The third kappa shape index (κ3) is 4.54. The number of ether oxygens (including phenoxy) is 3. The van der Waals surface area contributed by atoms with Crippen molar-refractivity contribution in [1.82, 2.24) is 10.9 Å². The molecule has 0 saturated heterocycles. The molecule has 1 aromatic carbocycles. The van der Waals surface area contributed by atoms with Crippen LogP contribution in [0.4, 0.5) is 0 Å². The van der Waals surface area contributed by atoms with Gasteiger partial charge in [0.15, 0.2) is 11.5 Å². The van der Waals surface area contributed by atoms with Crippen LogP contribution in [0.25, 0.3) is 6.08 Å². The molecule has 2 N–H and O–H groups in total. The summed E-state index contributed by atoms with van der Waals surface area (Å²) in [6.45, 7) is 0. The Balaban J connectivity index is 2.04. The van der Waals surface area contributed by atoms with Crippen LogP contribution in [-0.2, 0) is 4.79 Å². The monoisotopic (exact) mass is 346 g/mol. The summed E-state index contributed by atoms with van der Waals surface area (Å²) < 4.78 is 20.6. The average Bonchev–Trinajstić information content (AvgIpc) is 3.16. The smallest absolute Gasteiger partial charge is 0.269 e. The topological polar surface area (TPSA) is 99.0 Å². The third-order valence-electron chi connectivity index (χ3n) is 3.17. The SMILES string of the molecule is COc1cc(C(=O)NNC(=O)/C=C/c2ccco2)cc(OC)c1OC. The summed E-state index contributed by atoms with van der Waals surface area (Å²) in [5.74, 6) is 0.487. The summed E-state index contributed by atoms with van der Waals surface area (Å²) in [5.41, 5.74) is 4.79. The van der Waals surface area contributed by atoms with Gasteiger partial charge in [-0.2, -0.15) is 0 Å². The first-order chi connectivity index (χ1) is 12.1. The van der Waals surface area contributed by atoms with E-state index in [9.17, 15) is 9.59 Å². The lowest BCUT2D eigenvalue weighted by Crippen LogP contribution is -2.40. The quantitative estimate of drug-likeness (QED) is 0.611. The van der Waals surface area contributed by atoms with E-state index in [0.29, 0.717) is 23.0 Å². The summed E-state index contributed by atoms with van der Waals surface area (Å²) >= 11 is 0. The van der Waals surface area contributed by atoms with Crippen LogP contribution >= 0.6 is 0 Å². The van der Waals surface area contributed by atoms with Gasteiger partial charge in [0.05, 0.1) is 27.6 Å². The number of hydrogen-bond acceptors (Lipinski definition) is 6. The van der Waals surface area contributed by atoms with Crippen LogP contribution in [0.15, 0.2) is 41.0 Å². The predicted octanol–water partition coefficient (Wildman–Crippen LogP) is 1.78. The predicted molar refractivity (Wildman–Crippen MR) is 89.4 cm³/mol. The summed E-state index contributed by atoms with van der Waals surface area (Å²) in [6, 6.07) is 6.34. The molecule has 0 atom stereocenters. The number of rotatable bonds is 6. The average molecular weight is 346 g/mol. The van der Waals surface area contributed by atoms with Crippen molar-refractivity contribution in [3.8, 4) is 17.2 Å².